The lowest BCUT2D eigenvalue weighted by Gasteiger charge is -2.27. The molecule has 1 heterocycles. The zero-order valence-electron chi connectivity index (χ0n) is 31.9. The molecular formula is C40H62F3N5O. The van der Waals surface area contributed by atoms with Gasteiger partial charge in [0, 0.05) is 56.3 Å². The molecule has 4 N–H and O–H groups in total. The number of morpholine rings is 1. The average Bonchev–Trinajstić information content (AvgIpc) is 3.01. The molecule has 274 valence electrons. The van der Waals surface area contributed by atoms with E-state index in [1.54, 1.807) is 24.3 Å². The molecule has 0 saturated carbocycles. The van der Waals surface area contributed by atoms with Gasteiger partial charge in [-0.15, -0.1) is 0 Å². The van der Waals surface area contributed by atoms with Gasteiger partial charge in [0.05, 0.1) is 13.2 Å². The van der Waals surface area contributed by atoms with Crippen LogP contribution in [0.2, 0.25) is 0 Å². The van der Waals surface area contributed by atoms with E-state index in [1.165, 1.54) is 12.1 Å². The smallest absolute Gasteiger partial charge is 0.123 e. The van der Waals surface area contributed by atoms with Gasteiger partial charge in [0.2, 0.25) is 0 Å². The Balaban J connectivity index is 0.000000263. The number of rotatable bonds is 11. The predicted octanol–water partition coefficient (Wildman–Crippen LogP) is 9.07. The van der Waals surface area contributed by atoms with Crippen molar-refractivity contribution in [2.45, 2.75) is 80.1 Å². The number of likely N-dealkylation sites (N-methyl/N-ethyl adjacent to an activating group) is 1. The number of halogens is 3. The van der Waals surface area contributed by atoms with Crippen molar-refractivity contribution in [3.63, 3.8) is 0 Å². The summed E-state index contributed by atoms with van der Waals surface area (Å²) in [5.74, 6) is 0.417. The summed E-state index contributed by atoms with van der Waals surface area (Å²) in [6.07, 6.45) is 0. The number of nitrogens with one attached hydrogen (secondary N) is 2. The molecule has 0 spiro atoms. The third-order valence-electron chi connectivity index (χ3n) is 8.61. The third kappa shape index (κ3) is 13.9. The second kappa shape index (κ2) is 20.4. The summed E-state index contributed by atoms with van der Waals surface area (Å²) in [4.78, 5) is 4.52. The van der Waals surface area contributed by atoms with Crippen LogP contribution in [0.4, 0.5) is 30.2 Å². The Labute approximate surface area is 294 Å². The number of benzene rings is 3. The van der Waals surface area contributed by atoms with Crippen molar-refractivity contribution in [3.8, 4) is 0 Å². The minimum absolute atomic E-state index is 0.148. The second-order valence-corrected chi connectivity index (χ2v) is 14.2. The van der Waals surface area contributed by atoms with Crippen molar-refractivity contribution >= 4 is 17.1 Å². The Morgan fingerprint density at radius 3 is 1.51 bits per heavy atom. The first-order chi connectivity index (χ1) is 23.0. The Bertz CT molecular complexity index is 1450. The molecule has 0 amide bonds. The lowest BCUT2D eigenvalue weighted by atomic mass is 9.98. The predicted molar refractivity (Wildman–Crippen MR) is 203 cm³/mol. The Morgan fingerprint density at radius 2 is 1.08 bits per heavy atom. The topological polar surface area (TPSA) is 65.8 Å². The molecule has 6 nitrogen and oxygen atoms in total. The Kier molecular flexibility index (Phi) is 17.5. The van der Waals surface area contributed by atoms with E-state index in [1.807, 2.05) is 48.7 Å². The standard InChI is InChI=1S/C16H25FN2O.C14H23FN2.C10H14FN/c1-12(2)15-11-14(17)10-13(3)16(15)18-4-5-19-6-8-20-9-7-19;1-10(2)13-9-12(15)8-11(3)14(13)16-6-7-17(4)5;1-6(2)9-5-8(11)4-7(3)10(9)12/h10-12,18H,4-9H2,1-3H3;8-10,16H,6-7H2,1-5H3;4-6H,12H2,1-3H3. The van der Waals surface area contributed by atoms with Crippen LogP contribution in [0.25, 0.3) is 0 Å². The van der Waals surface area contributed by atoms with Crippen LogP contribution in [0.5, 0.6) is 0 Å². The highest BCUT2D eigenvalue weighted by Crippen LogP contribution is 2.30. The van der Waals surface area contributed by atoms with Crippen LogP contribution in [0.15, 0.2) is 36.4 Å². The van der Waals surface area contributed by atoms with Crippen molar-refractivity contribution < 1.29 is 17.9 Å². The number of nitrogens with zero attached hydrogens (tertiary/aromatic N) is 2. The number of anilines is 3. The molecule has 3 aromatic rings. The van der Waals surface area contributed by atoms with Crippen LogP contribution in [-0.2, 0) is 4.74 Å². The summed E-state index contributed by atoms with van der Waals surface area (Å²) < 4.78 is 45.2. The first kappa shape index (κ1) is 41.9. The van der Waals surface area contributed by atoms with E-state index in [0.717, 1.165) is 97.2 Å². The fourth-order valence-electron chi connectivity index (χ4n) is 5.76. The van der Waals surface area contributed by atoms with Gasteiger partial charge in [-0.05, 0) is 122 Å². The highest BCUT2D eigenvalue weighted by atomic mass is 19.1. The maximum atomic E-state index is 13.5. The lowest BCUT2D eigenvalue weighted by molar-refractivity contribution is 0.0398. The number of hydrogen-bond acceptors (Lipinski definition) is 6. The van der Waals surface area contributed by atoms with Crippen LogP contribution < -0.4 is 16.4 Å². The summed E-state index contributed by atoms with van der Waals surface area (Å²) >= 11 is 0. The first-order valence-corrected chi connectivity index (χ1v) is 17.6. The SMILES string of the molecule is Cc1cc(F)cc(C(C)C)c1N.Cc1cc(F)cc(C(C)C)c1NCCN(C)C.Cc1cc(F)cc(C(C)C)c1NCCN1CCOCC1. The summed E-state index contributed by atoms with van der Waals surface area (Å²) in [5.41, 5.74) is 14.5. The molecule has 0 radical (unpaired) electrons. The van der Waals surface area contributed by atoms with Gasteiger partial charge in [-0.1, -0.05) is 41.5 Å². The average molecular weight is 686 g/mol. The van der Waals surface area contributed by atoms with E-state index in [0.29, 0.717) is 17.5 Å². The maximum absolute atomic E-state index is 13.5. The number of ether oxygens (including phenoxy) is 1. The van der Waals surface area contributed by atoms with Crippen molar-refractivity contribution in [1.29, 1.82) is 0 Å². The number of aryl methyl sites for hydroxylation is 3. The fraction of sp³-hybridized carbons (Fsp3) is 0.550. The van der Waals surface area contributed by atoms with E-state index in [4.69, 9.17) is 10.5 Å². The van der Waals surface area contributed by atoms with E-state index < -0.39 is 0 Å². The lowest BCUT2D eigenvalue weighted by Crippen LogP contribution is -2.39. The van der Waals surface area contributed by atoms with Crippen LogP contribution in [-0.4, -0.2) is 76.4 Å². The molecule has 1 aliphatic heterocycles. The molecule has 1 fully saturated rings. The molecule has 49 heavy (non-hydrogen) atoms. The van der Waals surface area contributed by atoms with Gasteiger partial charge in [0.15, 0.2) is 0 Å². The van der Waals surface area contributed by atoms with Gasteiger partial charge in [-0.3, -0.25) is 4.90 Å². The van der Waals surface area contributed by atoms with Gasteiger partial charge in [-0.2, -0.15) is 0 Å². The highest BCUT2D eigenvalue weighted by Gasteiger charge is 2.14. The summed E-state index contributed by atoms with van der Waals surface area (Å²) in [6.45, 7) is 25.5. The molecule has 1 saturated heterocycles. The van der Waals surface area contributed by atoms with E-state index in [-0.39, 0.29) is 23.4 Å². The molecule has 0 aromatic heterocycles. The molecule has 0 bridgehead atoms. The second-order valence-electron chi connectivity index (χ2n) is 14.2. The van der Waals surface area contributed by atoms with Crippen molar-refractivity contribution in [2.75, 3.05) is 82.9 Å². The fourth-order valence-corrected chi connectivity index (χ4v) is 5.76. The monoisotopic (exact) mass is 685 g/mol. The largest absolute Gasteiger partial charge is 0.398 e. The quantitative estimate of drug-likeness (QED) is 0.175. The van der Waals surface area contributed by atoms with Crippen LogP contribution in [0.3, 0.4) is 0 Å². The van der Waals surface area contributed by atoms with Crippen molar-refractivity contribution in [3.05, 3.63) is 87.2 Å². The van der Waals surface area contributed by atoms with Gasteiger partial charge in [-0.25, -0.2) is 13.2 Å². The Morgan fingerprint density at radius 1 is 0.673 bits per heavy atom. The summed E-state index contributed by atoms with van der Waals surface area (Å²) in [6, 6.07) is 9.44. The van der Waals surface area contributed by atoms with Crippen LogP contribution >= 0.6 is 0 Å². The van der Waals surface area contributed by atoms with E-state index in [2.05, 4.69) is 48.1 Å². The molecule has 0 unspecified atom stereocenters. The molecule has 9 heteroatoms. The summed E-state index contributed by atoms with van der Waals surface area (Å²) in [5, 5.41) is 6.90. The molecular weight excluding hydrogens is 623 g/mol. The molecule has 0 atom stereocenters. The number of nitrogens with two attached hydrogens (primary N) is 1. The van der Waals surface area contributed by atoms with E-state index in [9.17, 15) is 13.2 Å². The van der Waals surface area contributed by atoms with Gasteiger partial charge in [0.25, 0.3) is 0 Å². The van der Waals surface area contributed by atoms with E-state index >= 15 is 0 Å². The van der Waals surface area contributed by atoms with Crippen LogP contribution in [0, 0.1) is 38.2 Å². The van der Waals surface area contributed by atoms with Gasteiger partial charge >= 0.3 is 0 Å². The zero-order chi connectivity index (χ0) is 36.8. The van der Waals surface area contributed by atoms with Gasteiger partial charge in [0.1, 0.15) is 17.5 Å². The normalized spacial score (nSPS) is 13.3. The number of nitrogen functional groups attached to an aromatic ring is 1. The Hall–Kier alpha value is -3.27. The highest BCUT2D eigenvalue weighted by molar-refractivity contribution is 5.59. The molecule has 3 aromatic carbocycles. The first-order valence-electron chi connectivity index (χ1n) is 17.6. The summed E-state index contributed by atoms with van der Waals surface area (Å²) in [7, 11) is 4.09. The van der Waals surface area contributed by atoms with Crippen molar-refractivity contribution in [2.24, 2.45) is 0 Å². The van der Waals surface area contributed by atoms with Crippen LogP contribution in [0.1, 0.15) is 92.7 Å². The molecule has 4 rings (SSSR count). The van der Waals surface area contributed by atoms with Crippen molar-refractivity contribution in [1.82, 2.24) is 9.80 Å². The zero-order valence-corrected chi connectivity index (χ0v) is 31.9. The molecule has 0 aliphatic carbocycles. The molecule has 1 aliphatic rings. The third-order valence-corrected chi connectivity index (χ3v) is 8.61. The number of hydrogen-bond donors (Lipinski definition) is 3. The minimum Gasteiger partial charge on any atom is -0.398 e. The minimum atomic E-state index is -0.203. The maximum Gasteiger partial charge on any atom is 0.123 e. The van der Waals surface area contributed by atoms with Gasteiger partial charge < -0.3 is 26.0 Å².